The minimum atomic E-state index is -0.453. The highest BCUT2D eigenvalue weighted by Gasteiger charge is 2.29. The van der Waals surface area contributed by atoms with Crippen molar-refractivity contribution in [2.24, 2.45) is 17.6 Å². The van der Waals surface area contributed by atoms with Crippen LogP contribution >= 0.6 is 0 Å². The molecule has 6 heteroatoms. The molecule has 1 saturated heterocycles. The molecule has 2 atom stereocenters. The molecule has 3 N–H and O–H groups in total. The summed E-state index contributed by atoms with van der Waals surface area (Å²) in [5.41, 5.74) is 8.30. The monoisotopic (exact) mass is 426 g/mol. The molecular weight excluding hydrogens is 388 g/mol. The van der Waals surface area contributed by atoms with Gasteiger partial charge in [0, 0.05) is 31.9 Å². The van der Waals surface area contributed by atoms with Crippen molar-refractivity contribution in [3.8, 4) is 6.07 Å². The Morgan fingerprint density at radius 2 is 1.94 bits per heavy atom. The maximum Gasteiger partial charge on any atom is 0.163 e. The van der Waals surface area contributed by atoms with Crippen LogP contribution < -0.4 is 10.6 Å². The summed E-state index contributed by atoms with van der Waals surface area (Å²) in [7, 11) is 0. The van der Waals surface area contributed by atoms with E-state index in [1.54, 1.807) is 0 Å². The lowest BCUT2D eigenvalue weighted by Gasteiger charge is -2.37. The second-order valence-electron chi connectivity index (χ2n) is 9.24. The Kier molecular flexibility index (Phi) is 8.89. The van der Waals surface area contributed by atoms with Gasteiger partial charge in [0.15, 0.2) is 5.78 Å². The second kappa shape index (κ2) is 11.6. The highest BCUT2D eigenvalue weighted by atomic mass is 16.3. The first-order chi connectivity index (χ1) is 15.0. The van der Waals surface area contributed by atoms with E-state index in [4.69, 9.17) is 11.0 Å². The highest BCUT2D eigenvalue weighted by Crippen LogP contribution is 2.33. The fourth-order valence-electron chi connectivity index (χ4n) is 5.05. The number of nitrogens with two attached hydrogens (primary N) is 1. The third kappa shape index (κ3) is 6.52. The van der Waals surface area contributed by atoms with Crippen LogP contribution in [0.1, 0.15) is 63.5 Å². The first-order valence-corrected chi connectivity index (χ1v) is 11.9. The van der Waals surface area contributed by atoms with Gasteiger partial charge < -0.3 is 15.7 Å². The minimum absolute atomic E-state index is 0.0590. The van der Waals surface area contributed by atoms with Gasteiger partial charge in [-0.2, -0.15) is 5.26 Å². The van der Waals surface area contributed by atoms with Crippen molar-refractivity contribution >= 4 is 11.5 Å². The zero-order valence-corrected chi connectivity index (χ0v) is 18.9. The topological polar surface area (TPSA) is 93.6 Å². The van der Waals surface area contributed by atoms with Crippen LogP contribution in [0, 0.1) is 23.2 Å². The van der Waals surface area contributed by atoms with E-state index in [-0.39, 0.29) is 24.2 Å². The number of anilines is 1. The minimum Gasteiger partial charge on any atom is -0.388 e. The number of nitriles is 1. The van der Waals surface area contributed by atoms with Gasteiger partial charge in [-0.15, -0.1) is 0 Å². The van der Waals surface area contributed by atoms with Crippen LogP contribution in [0.5, 0.6) is 0 Å². The van der Waals surface area contributed by atoms with Crippen molar-refractivity contribution in [1.29, 1.82) is 5.26 Å². The van der Waals surface area contributed by atoms with Crippen LogP contribution in [-0.4, -0.2) is 54.6 Å². The van der Waals surface area contributed by atoms with Gasteiger partial charge in [-0.3, -0.25) is 9.69 Å². The van der Waals surface area contributed by atoms with E-state index < -0.39 is 6.04 Å². The van der Waals surface area contributed by atoms with Gasteiger partial charge in [0.25, 0.3) is 0 Å². The number of rotatable bonds is 9. The van der Waals surface area contributed by atoms with E-state index >= 15 is 0 Å². The van der Waals surface area contributed by atoms with Crippen molar-refractivity contribution in [3.05, 3.63) is 29.8 Å². The molecule has 0 bridgehead atoms. The standard InChI is InChI=1S/C25H38N4O2/c1-2-23(30)21-4-3-5-22(18-21)29-16-14-28(15-17-29)13-11-19-6-8-20(9-7-19)25(27)24(31)10-12-26/h3-5,18-20,23,25,30H,2,6-11,13-17,27H2,1H3. The number of Topliss-reactive ketones (excluding diaryl/α,β-unsaturated/α-hetero) is 1. The van der Waals surface area contributed by atoms with Crippen molar-refractivity contribution in [1.82, 2.24) is 4.90 Å². The summed E-state index contributed by atoms with van der Waals surface area (Å²) in [4.78, 5) is 16.9. The molecule has 2 fully saturated rings. The van der Waals surface area contributed by atoms with E-state index in [2.05, 4.69) is 21.9 Å². The largest absolute Gasteiger partial charge is 0.388 e. The van der Waals surface area contributed by atoms with E-state index in [9.17, 15) is 9.90 Å². The Hall–Kier alpha value is -1.94. The zero-order valence-electron chi connectivity index (χ0n) is 18.9. The van der Waals surface area contributed by atoms with Crippen LogP contribution in [0.15, 0.2) is 24.3 Å². The summed E-state index contributed by atoms with van der Waals surface area (Å²) in [6, 6.07) is 9.81. The molecule has 1 aliphatic carbocycles. The maximum absolute atomic E-state index is 11.9. The molecule has 0 radical (unpaired) electrons. The number of hydrogen-bond acceptors (Lipinski definition) is 6. The van der Waals surface area contributed by atoms with Crippen LogP contribution in [0.3, 0.4) is 0 Å². The molecule has 0 aromatic heterocycles. The molecule has 170 valence electrons. The fourth-order valence-corrected chi connectivity index (χ4v) is 5.05. The van der Waals surface area contributed by atoms with Gasteiger partial charge in [0.1, 0.15) is 0 Å². The summed E-state index contributed by atoms with van der Waals surface area (Å²) >= 11 is 0. The Bertz CT molecular complexity index is 746. The van der Waals surface area contributed by atoms with Crippen molar-refractivity contribution in [2.45, 2.75) is 64.0 Å². The Balaban J connectivity index is 1.38. The molecule has 1 aromatic rings. The Morgan fingerprint density at radius 1 is 1.23 bits per heavy atom. The maximum atomic E-state index is 11.9. The number of aliphatic hydroxyl groups excluding tert-OH is 1. The number of ketones is 1. The molecule has 1 aromatic carbocycles. The van der Waals surface area contributed by atoms with Crippen LogP contribution in [0.4, 0.5) is 5.69 Å². The van der Waals surface area contributed by atoms with Crippen LogP contribution in [-0.2, 0) is 4.79 Å². The number of hydrogen-bond donors (Lipinski definition) is 2. The van der Waals surface area contributed by atoms with Crippen molar-refractivity contribution < 1.29 is 9.90 Å². The molecule has 31 heavy (non-hydrogen) atoms. The van der Waals surface area contributed by atoms with Gasteiger partial charge in [0.2, 0.25) is 0 Å². The molecule has 1 aliphatic heterocycles. The van der Waals surface area contributed by atoms with Crippen molar-refractivity contribution in [2.75, 3.05) is 37.6 Å². The molecule has 6 nitrogen and oxygen atoms in total. The first-order valence-electron chi connectivity index (χ1n) is 11.9. The lowest BCUT2D eigenvalue weighted by Crippen LogP contribution is -2.47. The molecule has 1 heterocycles. The van der Waals surface area contributed by atoms with E-state index in [1.807, 2.05) is 25.1 Å². The SMILES string of the molecule is CCC(O)c1cccc(N2CCN(CCC3CCC(C(N)C(=O)CC#N)CC3)CC2)c1. The van der Waals surface area contributed by atoms with Gasteiger partial charge >= 0.3 is 0 Å². The van der Waals surface area contributed by atoms with Gasteiger partial charge in [-0.25, -0.2) is 0 Å². The third-order valence-corrected chi connectivity index (χ3v) is 7.26. The summed E-state index contributed by atoms with van der Waals surface area (Å²) in [6.07, 6.45) is 5.82. The van der Waals surface area contributed by atoms with Gasteiger partial charge in [0.05, 0.1) is 24.6 Å². The lowest BCUT2D eigenvalue weighted by molar-refractivity contribution is -0.120. The molecule has 1 saturated carbocycles. The van der Waals surface area contributed by atoms with Gasteiger partial charge in [-0.05, 0) is 61.8 Å². The number of benzene rings is 1. The predicted molar refractivity (Wildman–Crippen MR) is 124 cm³/mol. The lowest BCUT2D eigenvalue weighted by atomic mass is 9.76. The molecule has 3 rings (SSSR count). The average molecular weight is 427 g/mol. The molecule has 2 unspecified atom stereocenters. The number of carbonyl (C=O) groups is 1. The first kappa shape index (κ1) is 23.7. The summed E-state index contributed by atoms with van der Waals surface area (Å²) in [5.74, 6) is 0.876. The number of aliphatic hydroxyl groups is 1. The third-order valence-electron chi connectivity index (χ3n) is 7.26. The summed E-state index contributed by atoms with van der Waals surface area (Å²) < 4.78 is 0. The second-order valence-corrected chi connectivity index (χ2v) is 9.24. The van der Waals surface area contributed by atoms with E-state index in [1.165, 1.54) is 12.1 Å². The number of nitrogens with zero attached hydrogens (tertiary/aromatic N) is 3. The smallest absolute Gasteiger partial charge is 0.163 e. The normalized spacial score (nSPS) is 24.4. The fraction of sp³-hybridized carbons (Fsp3) is 0.680. The van der Waals surface area contributed by atoms with Crippen molar-refractivity contribution in [3.63, 3.8) is 0 Å². The van der Waals surface area contributed by atoms with Crippen LogP contribution in [0.25, 0.3) is 0 Å². The number of piperazine rings is 1. The van der Waals surface area contributed by atoms with Crippen LogP contribution in [0.2, 0.25) is 0 Å². The van der Waals surface area contributed by atoms with E-state index in [0.29, 0.717) is 0 Å². The van der Waals surface area contributed by atoms with E-state index in [0.717, 1.165) is 76.3 Å². The molecule has 2 aliphatic rings. The quantitative estimate of drug-likeness (QED) is 0.629. The Labute approximate surface area is 187 Å². The molecule has 0 spiro atoms. The molecular formula is C25H38N4O2. The Morgan fingerprint density at radius 3 is 2.58 bits per heavy atom. The molecule has 0 amide bonds. The zero-order chi connectivity index (χ0) is 22.2. The number of carbonyl (C=O) groups excluding carboxylic acids is 1. The summed E-state index contributed by atoms with van der Waals surface area (Å²) in [5, 5.41) is 18.8. The average Bonchev–Trinajstić information content (AvgIpc) is 2.82. The van der Waals surface area contributed by atoms with Gasteiger partial charge in [-0.1, -0.05) is 31.9 Å². The summed E-state index contributed by atoms with van der Waals surface area (Å²) in [6.45, 7) is 7.33. The highest BCUT2D eigenvalue weighted by molar-refractivity contribution is 5.85. The predicted octanol–water partition coefficient (Wildman–Crippen LogP) is 3.26.